The van der Waals surface area contributed by atoms with Crippen LogP contribution in [0.4, 0.5) is 11.4 Å². The predicted octanol–water partition coefficient (Wildman–Crippen LogP) is 1.82. The predicted molar refractivity (Wildman–Crippen MR) is 57.0 cm³/mol. The molecule has 68 valence electrons. The van der Waals surface area contributed by atoms with Crippen molar-refractivity contribution in [2.75, 3.05) is 23.7 Å². The van der Waals surface area contributed by atoms with Crippen molar-refractivity contribution in [3.8, 4) is 0 Å². The highest BCUT2D eigenvalue weighted by Gasteiger charge is 2.17. The molecule has 0 radical (unpaired) electrons. The number of fused-ring (bicyclic) bond motifs is 1. The Hall–Kier alpha value is -1.44. The first kappa shape index (κ1) is 8.17. The van der Waals surface area contributed by atoms with E-state index < -0.39 is 0 Å². The molecule has 0 spiro atoms. The van der Waals surface area contributed by atoms with Gasteiger partial charge in [0.15, 0.2) is 0 Å². The lowest BCUT2D eigenvalue weighted by atomic mass is 10.1. The summed E-state index contributed by atoms with van der Waals surface area (Å²) < 4.78 is 0. The number of benzene rings is 1. The minimum absolute atomic E-state index is 0.842. The van der Waals surface area contributed by atoms with Crippen LogP contribution in [0.15, 0.2) is 30.9 Å². The fourth-order valence-electron chi connectivity index (χ4n) is 1.81. The number of rotatable bonds is 2. The summed E-state index contributed by atoms with van der Waals surface area (Å²) in [6.45, 7) is 5.75. The molecule has 0 aliphatic carbocycles. The van der Waals surface area contributed by atoms with Gasteiger partial charge in [0.1, 0.15) is 0 Å². The van der Waals surface area contributed by atoms with Crippen LogP contribution in [0.5, 0.6) is 0 Å². The van der Waals surface area contributed by atoms with E-state index in [0.717, 1.165) is 25.2 Å². The molecule has 0 amide bonds. The van der Waals surface area contributed by atoms with Gasteiger partial charge in [0.2, 0.25) is 0 Å². The van der Waals surface area contributed by atoms with Crippen molar-refractivity contribution >= 4 is 11.4 Å². The van der Waals surface area contributed by atoms with Crippen LogP contribution in [0.1, 0.15) is 5.56 Å². The molecule has 2 heteroatoms. The molecule has 0 bridgehead atoms. The maximum absolute atomic E-state index is 5.74. The minimum Gasteiger partial charge on any atom is -0.399 e. The zero-order valence-electron chi connectivity index (χ0n) is 7.66. The molecule has 1 aromatic carbocycles. The first-order valence-electron chi connectivity index (χ1n) is 4.55. The molecular formula is C11H14N2. The van der Waals surface area contributed by atoms with Crippen LogP contribution in [-0.4, -0.2) is 13.1 Å². The van der Waals surface area contributed by atoms with Crippen molar-refractivity contribution in [1.29, 1.82) is 0 Å². The summed E-state index contributed by atoms with van der Waals surface area (Å²) in [7, 11) is 0. The third-order valence-electron chi connectivity index (χ3n) is 2.45. The van der Waals surface area contributed by atoms with Gasteiger partial charge in [-0.1, -0.05) is 12.1 Å². The fraction of sp³-hybridized carbons (Fsp3) is 0.273. The molecule has 2 rings (SSSR count). The minimum atomic E-state index is 0.842. The second kappa shape index (κ2) is 3.13. The average molecular weight is 174 g/mol. The summed E-state index contributed by atoms with van der Waals surface area (Å²) in [5, 5.41) is 0. The first-order chi connectivity index (χ1) is 6.31. The molecule has 1 aromatic rings. The molecule has 0 unspecified atom stereocenters. The molecule has 0 atom stereocenters. The van der Waals surface area contributed by atoms with E-state index in [2.05, 4.69) is 17.5 Å². The van der Waals surface area contributed by atoms with Gasteiger partial charge in [-0.2, -0.15) is 0 Å². The molecule has 0 saturated carbocycles. The molecule has 0 saturated heterocycles. The van der Waals surface area contributed by atoms with Gasteiger partial charge in [-0.15, -0.1) is 6.58 Å². The smallest absolute Gasteiger partial charge is 0.0423 e. The lowest BCUT2D eigenvalue weighted by Gasteiger charge is -2.16. The van der Waals surface area contributed by atoms with E-state index in [1.807, 2.05) is 18.2 Å². The standard InChI is InChI=1S/C11H14N2/c1-2-6-13-7-5-9-3-4-10(12)8-11(9)13/h2-4,8H,1,5-7,12H2. The maximum Gasteiger partial charge on any atom is 0.0423 e. The Bertz CT molecular complexity index is 331. The van der Waals surface area contributed by atoms with Gasteiger partial charge in [-0.25, -0.2) is 0 Å². The summed E-state index contributed by atoms with van der Waals surface area (Å²) in [5.74, 6) is 0. The highest BCUT2D eigenvalue weighted by Crippen LogP contribution is 2.29. The Balaban J connectivity index is 2.34. The maximum atomic E-state index is 5.74. The summed E-state index contributed by atoms with van der Waals surface area (Å²) >= 11 is 0. The van der Waals surface area contributed by atoms with Gasteiger partial charge >= 0.3 is 0 Å². The van der Waals surface area contributed by atoms with Crippen LogP contribution in [-0.2, 0) is 6.42 Å². The van der Waals surface area contributed by atoms with Crippen LogP contribution in [0.3, 0.4) is 0 Å². The molecule has 1 aliphatic heterocycles. The Morgan fingerprint density at radius 3 is 3.15 bits per heavy atom. The van der Waals surface area contributed by atoms with E-state index in [4.69, 9.17) is 5.73 Å². The average Bonchev–Trinajstić information content (AvgIpc) is 2.49. The van der Waals surface area contributed by atoms with Crippen LogP contribution in [0.2, 0.25) is 0 Å². The summed E-state index contributed by atoms with van der Waals surface area (Å²) in [6, 6.07) is 6.13. The van der Waals surface area contributed by atoms with Gasteiger partial charge < -0.3 is 10.6 Å². The van der Waals surface area contributed by atoms with Crippen LogP contribution >= 0.6 is 0 Å². The molecule has 13 heavy (non-hydrogen) atoms. The quantitative estimate of drug-likeness (QED) is 0.547. The summed E-state index contributed by atoms with van der Waals surface area (Å²) in [6.07, 6.45) is 3.06. The number of nitrogen functional groups attached to an aromatic ring is 1. The first-order valence-corrected chi connectivity index (χ1v) is 4.55. The van der Waals surface area contributed by atoms with Crippen LogP contribution in [0, 0.1) is 0 Å². The Labute approximate surface area is 78.7 Å². The van der Waals surface area contributed by atoms with E-state index in [9.17, 15) is 0 Å². The topological polar surface area (TPSA) is 29.3 Å². The zero-order chi connectivity index (χ0) is 9.26. The van der Waals surface area contributed by atoms with Crippen molar-refractivity contribution in [3.63, 3.8) is 0 Å². The molecule has 1 heterocycles. The Morgan fingerprint density at radius 1 is 1.54 bits per heavy atom. The van der Waals surface area contributed by atoms with Crippen molar-refractivity contribution < 1.29 is 0 Å². The highest BCUT2D eigenvalue weighted by atomic mass is 15.1. The molecule has 2 N–H and O–H groups in total. The number of hydrogen-bond acceptors (Lipinski definition) is 2. The number of nitrogens with two attached hydrogens (primary N) is 1. The molecule has 0 fully saturated rings. The fourth-order valence-corrected chi connectivity index (χ4v) is 1.81. The molecule has 1 aliphatic rings. The monoisotopic (exact) mass is 174 g/mol. The van der Waals surface area contributed by atoms with E-state index in [1.54, 1.807) is 0 Å². The Morgan fingerprint density at radius 2 is 2.38 bits per heavy atom. The zero-order valence-corrected chi connectivity index (χ0v) is 7.66. The second-order valence-corrected chi connectivity index (χ2v) is 3.37. The summed E-state index contributed by atoms with van der Waals surface area (Å²) in [4.78, 5) is 2.30. The van der Waals surface area contributed by atoms with Crippen LogP contribution in [0.25, 0.3) is 0 Å². The lowest BCUT2D eigenvalue weighted by molar-refractivity contribution is 0.905. The normalized spacial score (nSPS) is 14.3. The highest BCUT2D eigenvalue weighted by molar-refractivity contribution is 5.64. The lowest BCUT2D eigenvalue weighted by Crippen LogP contribution is -2.19. The summed E-state index contributed by atoms with van der Waals surface area (Å²) in [5.41, 5.74) is 9.26. The largest absolute Gasteiger partial charge is 0.399 e. The molecular weight excluding hydrogens is 160 g/mol. The number of nitrogens with zero attached hydrogens (tertiary/aromatic N) is 1. The van der Waals surface area contributed by atoms with Crippen LogP contribution < -0.4 is 10.6 Å². The SMILES string of the molecule is C=CCN1CCc2ccc(N)cc21. The van der Waals surface area contributed by atoms with Gasteiger partial charge in [-0.05, 0) is 24.1 Å². The van der Waals surface area contributed by atoms with E-state index in [-0.39, 0.29) is 0 Å². The molecule has 2 nitrogen and oxygen atoms in total. The number of anilines is 2. The van der Waals surface area contributed by atoms with E-state index in [0.29, 0.717) is 0 Å². The number of hydrogen-bond donors (Lipinski definition) is 1. The van der Waals surface area contributed by atoms with Crippen molar-refractivity contribution in [2.45, 2.75) is 6.42 Å². The Kier molecular flexibility index (Phi) is 1.97. The van der Waals surface area contributed by atoms with Gasteiger partial charge in [-0.3, -0.25) is 0 Å². The van der Waals surface area contributed by atoms with Gasteiger partial charge in [0.05, 0.1) is 0 Å². The third-order valence-corrected chi connectivity index (χ3v) is 2.45. The second-order valence-electron chi connectivity index (χ2n) is 3.37. The molecule has 0 aromatic heterocycles. The van der Waals surface area contributed by atoms with Gasteiger partial charge in [0.25, 0.3) is 0 Å². The van der Waals surface area contributed by atoms with E-state index in [1.165, 1.54) is 11.3 Å². The van der Waals surface area contributed by atoms with Crippen molar-refractivity contribution in [3.05, 3.63) is 36.4 Å². The van der Waals surface area contributed by atoms with Crippen molar-refractivity contribution in [1.82, 2.24) is 0 Å². The van der Waals surface area contributed by atoms with Crippen molar-refractivity contribution in [2.24, 2.45) is 0 Å². The van der Waals surface area contributed by atoms with E-state index >= 15 is 0 Å². The third kappa shape index (κ3) is 1.39. The van der Waals surface area contributed by atoms with Gasteiger partial charge in [0, 0.05) is 24.5 Å².